The predicted octanol–water partition coefficient (Wildman–Crippen LogP) is 3.41. The van der Waals surface area contributed by atoms with E-state index in [9.17, 15) is 14.3 Å². The number of nitrogens with one attached hydrogen (secondary N) is 1. The highest BCUT2D eigenvalue weighted by Crippen LogP contribution is 2.31. The number of carbonyl (C=O) groups excluding carboxylic acids is 1. The second-order valence-corrected chi connectivity index (χ2v) is 6.47. The molecular weight excluding hydrogens is 281 g/mol. The molecule has 1 aromatic carbocycles. The second kappa shape index (κ2) is 7.73. The van der Waals surface area contributed by atoms with E-state index in [0.717, 1.165) is 12.8 Å². The van der Waals surface area contributed by atoms with Crippen LogP contribution in [0.3, 0.4) is 0 Å². The van der Waals surface area contributed by atoms with Crippen LogP contribution in [0.1, 0.15) is 52.5 Å². The van der Waals surface area contributed by atoms with E-state index in [4.69, 9.17) is 0 Å². The molecule has 0 aliphatic rings. The van der Waals surface area contributed by atoms with Crippen molar-refractivity contribution in [3.63, 3.8) is 0 Å². The van der Waals surface area contributed by atoms with Crippen LogP contribution in [0.2, 0.25) is 0 Å². The van der Waals surface area contributed by atoms with Crippen molar-refractivity contribution >= 4 is 5.91 Å². The van der Waals surface area contributed by atoms with Gasteiger partial charge < -0.3 is 10.4 Å². The topological polar surface area (TPSA) is 49.3 Å². The van der Waals surface area contributed by atoms with Crippen molar-refractivity contribution in [2.75, 3.05) is 13.2 Å². The first-order chi connectivity index (χ1) is 10.3. The van der Waals surface area contributed by atoms with Crippen molar-refractivity contribution in [1.29, 1.82) is 0 Å². The first-order valence-corrected chi connectivity index (χ1v) is 7.97. The van der Waals surface area contributed by atoms with Crippen LogP contribution < -0.4 is 5.32 Å². The third-order valence-electron chi connectivity index (χ3n) is 4.88. The molecule has 0 fully saturated rings. The smallest absolute Gasteiger partial charge is 0.230 e. The van der Waals surface area contributed by atoms with Gasteiger partial charge in [-0.05, 0) is 44.6 Å². The van der Waals surface area contributed by atoms with Crippen molar-refractivity contribution in [1.82, 2.24) is 5.32 Å². The average molecular weight is 309 g/mol. The lowest BCUT2D eigenvalue weighted by molar-refractivity contribution is -0.126. The van der Waals surface area contributed by atoms with Gasteiger partial charge in [0, 0.05) is 18.7 Å². The minimum Gasteiger partial charge on any atom is -0.396 e. The van der Waals surface area contributed by atoms with Crippen LogP contribution in [0, 0.1) is 11.2 Å². The summed E-state index contributed by atoms with van der Waals surface area (Å²) in [7, 11) is 0. The highest BCUT2D eigenvalue weighted by molar-refractivity contribution is 5.87. The molecule has 0 heterocycles. The lowest BCUT2D eigenvalue weighted by Gasteiger charge is -2.33. The summed E-state index contributed by atoms with van der Waals surface area (Å²) in [6, 6.07) is 6.38. The Morgan fingerprint density at radius 3 is 2.32 bits per heavy atom. The van der Waals surface area contributed by atoms with E-state index < -0.39 is 5.41 Å². The summed E-state index contributed by atoms with van der Waals surface area (Å²) in [5, 5.41) is 12.2. The van der Waals surface area contributed by atoms with Gasteiger partial charge in [0.1, 0.15) is 5.82 Å². The van der Waals surface area contributed by atoms with Gasteiger partial charge in [-0.1, -0.05) is 32.0 Å². The highest BCUT2D eigenvalue weighted by Gasteiger charge is 2.34. The maximum Gasteiger partial charge on any atom is 0.230 e. The second-order valence-electron chi connectivity index (χ2n) is 6.47. The van der Waals surface area contributed by atoms with Crippen molar-refractivity contribution in [3.8, 4) is 0 Å². The van der Waals surface area contributed by atoms with Gasteiger partial charge in [-0.3, -0.25) is 4.79 Å². The molecule has 1 amide bonds. The third-order valence-corrected chi connectivity index (χ3v) is 4.88. The Hall–Kier alpha value is -1.42. The van der Waals surface area contributed by atoms with Gasteiger partial charge in [-0.25, -0.2) is 4.39 Å². The number of aliphatic hydroxyl groups is 1. The maximum atomic E-state index is 14.0. The quantitative estimate of drug-likeness (QED) is 0.773. The van der Waals surface area contributed by atoms with E-state index in [-0.39, 0.29) is 23.7 Å². The molecule has 0 unspecified atom stereocenters. The van der Waals surface area contributed by atoms with Crippen LogP contribution in [-0.2, 0) is 10.2 Å². The SMILES string of the molecule is CCC(CC)(CCO)CNC(=O)C(C)(C)c1ccccc1F. The Morgan fingerprint density at radius 2 is 1.82 bits per heavy atom. The summed E-state index contributed by atoms with van der Waals surface area (Å²) in [5.41, 5.74) is -0.638. The Bertz CT molecular complexity index is 496. The summed E-state index contributed by atoms with van der Waals surface area (Å²) in [6.45, 7) is 8.19. The van der Waals surface area contributed by atoms with Crippen molar-refractivity contribution in [2.24, 2.45) is 5.41 Å². The zero-order valence-electron chi connectivity index (χ0n) is 14.1. The summed E-state index contributed by atoms with van der Waals surface area (Å²) >= 11 is 0. The number of hydrogen-bond acceptors (Lipinski definition) is 2. The molecule has 0 atom stereocenters. The molecule has 0 aromatic heterocycles. The molecule has 0 saturated carbocycles. The first kappa shape index (κ1) is 18.6. The Kier molecular flexibility index (Phi) is 6.54. The van der Waals surface area contributed by atoms with E-state index in [1.165, 1.54) is 6.07 Å². The summed E-state index contributed by atoms with van der Waals surface area (Å²) in [5.74, 6) is -0.558. The number of benzene rings is 1. The van der Waals surface area contributed by atoms with Gasteiger partial charge in [0.2, 0.25) is 5.91 Å². The molecule has 22 heavy (non-hydrogen) atoms. The number of hydrogen-bond donors (Lipinski definition) is 2. The fourth-order valence-electron chi connectivity index (χ4n) is 2.76. The molecule has 3 nitrogen and oxygen atoms in total. The van der Waals surface area contributed by atoms with Gasteiger partial charge in [0.25, 0.3) is 0 Å². The molecule has 2 N–H and O–H groups in total. The number of halogens is 1. The number of rotatable bonds is 8. The van der Waals surface area contributed by atoms with Gasteiger partial charge in [-0.15, -0.1) is 0 Å². The van der Waals surface area contributed by atoms with Crippen LogP contribution in [0.4, 0.5) is 4.39 Å². The molecule has 0 spiro atoms. The summed E-state index contributed by atoms with van der Waals surface area (Å²) in [4.78, 5) is 12.6. The molecule has 124 valence electrons. The number of amides is 1. The molecule has 4 heteroatoms. The maximum absolute atomic E-state index is 14.0. The van der Waals surface area contributed by atoms with E-state index in [1.807, 2.05) is 0 Å². The minimum absolute atomic E-state index is 0.101. The molecule has 0 aliphatic carbocycles. The molecule has 1 aromatic rings. The van der Waals surface area contributed by atoms with Crippen molar-refractivity contribution < 1.29 is 14.3 Å². The standard InChI is InChI=1S/C18H28FNO2/c1-5-18(6-2,11-12-21)13-20-16(22)17(3,4)14-9-7-8-10-15(14)19/h7-10,21H,5-6,11-13H2,1-4H3,(H,20,22). The lowest BCUT2D eigenvalue weighted by Crippen LogP contribution is -2.45. The summed E-state index contributed by atoms with van der Waals surface area (Å²) < 4.78 is 14.0. The van der Waals surface area contributed by atoms with Crippen molar-refractivity contribution in [2.45, 2.75) is 52.4 Å². The normalized spacial score (nSPS) is 12.3. The predicted molar refractivity (Wildman–Crippen MR) is 87.2 cm³/mol. The summed E-state index contributed by atoms with van der Waals surface area (Å²) in [6.07, 6.45) is 2.41. The first-order valence-electron chi connectivity index (χ1n) is 7.97. The van der Waals surface area contributed by atoms with Crippen LogP contribution in [0.25, 0.3) is 0 Å². The van der Waals surface area contributed by atoms with Crippen LogP contribution in [0.15, 0.2) is 24.3 Å². The highest BCUT2D eigenvalue weighted by atomic mass is 19.1. The third kappa shape index (κ3) is 4.07. The van der Waals surface area contributed by atoms with Gasteiger partial charge in [-0.2, -0.15) is 0 Å². The van der Waals surface area contributed by atoms with Crippen LogP contribution >= 0.6 is 0 Å². The fraction of sp³-hybridized carbons (Fsp3) is 0.611. The van der Waals surface area contributed by atoms with Crippen LogP contribution in [-0.4, -0.2) is 24.2 Å². The molecule has 0 bridgehead atoms. The zero-order chi connectivity index (χ0) is 16.8. The zero-order valence-corrected chi connectivity index (χ0v) is 14.1. The van der Waals surface area contributed by atoms with Gasteiger partial charge >= 0.3 is 0 Å². The monoisotopic (exact) mass is 309 g/mol. The largest absolute Gasteiger partial charge is 0.396 e. The molecule has 0 radical (unpaired) electrons. The fourth-order valence-corrected chi connectivity index (χ4v) is 2.76. The van der Waals surface area contributed by atoms with Crippen molar-refractivity contribution in [3.05, 3.63) is 35.6 Å². The number of aliphatic hydroxyl groups excluding tert-OH is 1. The average Bonchev–Trinajstić information content (AvgIpc) is 2.51. The van der Waals surface area contributed by atoms with E-state index in [1.54, 1.807) is 32.0 Å². The molecule has 0 saturated heterocycles. The van der Waals surface area contributed by atoms with Gasteiger partial charge in [0.05, 0.1) is 5.41 Å². The van der Waals surface area contributed by atoms with E-state index in [2.05, 4.69) is 19.2 Å². The Labute approximate surface area is 132 Å². The van der Waals surface area contributed by atoms with E-state index >= 15 is 0 Å². The minimum atomic E-state index is -0.933. The Morgan fingerprint density at radius 1 is 1.23 bits per heavy atom. The van der Waals surface area contributed by atoms with E-state index in [0.29, 0.717) is 18.5 Å². The van der Waals surface area contributed by atoms with Gasteiger partial charge in [0.15, 0.2) is 0 Å². The molecular formula is C18H28FNO2. The lowest BCUT2D eigenvalue weighted by atomic mass is 9.78. The number of carbonyl (C=O) groups is 1. The molecule has 1 rings (SSSR count). The molecule has 0 aliphatic heterocycles. The van der Waals surface area contributed by atoms with Crippen LogP contribution in [0.5, 0.6) is 0 Å². The Balaban J connectivity index is 2.85.